The fourth-order valence-electron chi connectivity index (χ4n) is 2.74. The Labute approximate surface area is 140 Å². The number of aromatic nitrogens is 1. The van der Waals surface area contributed by atoms with Crippen LogP contribution >= 0.6 is 0 Å². The first-order chi connectivity index (χ1) is 11.5. The number of fused-ring (bicyclic) bond motifs is 1. The molecular formula is C18H21N3O3. The lowest BCUT2D eigenvalue weighted by Gasteiger charge is -2.22. The zero-order valence-corrected chi connectivity index (χ0v) is 13.8. The molecule has 0 bridgehead atoms. The van der Waals surface area contributed by atoms with Crippen LogP contribution in [0, 0.1) is 5.92 Å². The van der Waals surface area contributed by atoms with Gasteiger partial charge in [-0.2, -0.15) is 0 Å². The van der Waals surface area contributed by atoms with Gasteiger partial charge < -0.3 is 19.9 Å². The molecule has 0 saturated heterocycles. The number of anilines is 2. The smallest absolute Gasteiger partial charge is 0.262 e. The summed E-state index contributed by atoms with van der Waals surface area (Å²) >= 11 is 0. The molecule has 0 spiro atoms. The van der Waals surface area contributed by atoms with E-state index >= 15 is 0 Å². The lowest BCUT2D eigenvalue weighted by atomic mass is 10.0. The van der Waals surface area contributed by atoms with Gasteiger partial charge in [0.15, 0.2) is 6.61 Å². The van der Waals surface area contributed by atoms with Gasteiger partial charge in [-0.05, 0) is 36.6 Å². The summed E-state index contributed by atoms with van der Waals surface area (Å²) in [6.45, 7) is 4.18. The van der Waals surface area contributed by atoms with E-state index in [9.17, 15) is 9.59 Å². The van der Waals surface area contributed by atoms with Crippen molar-refractivity contribution in [2.75, 3.05) is 17.2 Å². The highest BCUT2D eigenvalue weighted by atomic mass is 16.5. The second kappa shape index (κ2) is 6.78. The molecule has 0 unspecified atom stereocenters. The first-order valence-corrected chi connectivity index (χ1v) is 8.03. The predicted octanol–water partition coefficient (Wildman–Crippen LogP) is 3.04. The maximum atomic E-state index is 12.7. The summed E-state index contributed by atoms with van der Waals surface area (Å²) in [6.07, 6.45) is 4.55. The van der Waals surface area contributed by atoms with Crippen molar-refractivity contribution in [3.05, 3.63) is 42.7 Å². The largest absolute Gasteiger partial charge is 0.482 e. The lowest BCUT2D eigenvalue weighted by Crippen LogP contribution is -2.27. The van der Waals surface area contributed by atoms with Crippen LogP contribution in [0.3, 0.4) is 0 Å². The number of rotatable bonds is 5. The zero-order chi connectivity index (χ0) is 17.1. The summed E-state index contributed by atoms with van der Waals surface area (Å²) < 4.78 is 7.31. The first kappa shape index (κ1) is 16.1. The van der Waals surface area contributed by atoms with Crippen molar-refractivity contribution in [1.82, 2.24) is 4.57 Å². The van der Waals surface area contributed by atoms with Crippen molar-refractivity contribution in [1.29, 1.82) is 0 Å². The molecule has 1 aromatic carbocycles. The molecule has 1 aliphatic rings. The van der Waals surface area contributed by atoms with E-state index in [0.717, 1.165) is 6.42 Å². The maximum Gasteiger partial charge on any atom is 0.262 e. The molecule has 2 amide bonds. The molecule has 0 saturated carbocycles. The number of hydrogen-bond acceptors (Lipinski definition) is 3. The van der Waals surface area contributed by atoms with Crippen molar-refractivity contribution in [2.24, 2.45) is 5.92 Å². The third-order valence-corrected chi connectivity index (χ3v) is 3.87. The quantitative estimate of drug-likeness (QED) is 0.886. The van der Waals surface area contributed by atoms with Crippen LogP contribution in [-0.2, 0) is 9.59 Å². The zero-order valence-electron chi connectivity index (χ0n) is 13.8. The molecule has 6 nitrogen and oxygen atoms in total. The van der Waals surface area contributed by atoms with E-state index in [1.165, 1.54) is 0 Å². The minimum atomic E-state index is -0.267. The summed E-state index contributed by atoms with van der Waals surface area (Å²) in [5, 5.41) is 5.68. The molecule has 3 rings (SSSR count). The molecule has 0 aliphatic carbocycles. The summed E-state index contributed by atoms with van der Waals surface area (Å²) in [5.74, 6) is 0.711. The number of ether oxygens (including phenoxy) is 1. The second-order valence-electron chi connectivity index (χ2n) is 6.31. The van der Waals surface area contributed by atoms with Gasteiger partial charge in [0.25, 0.3) is 5.91 Å². The Morgan fingerprint density at radius 1 is 1.33 bits per heavy atom. The first-order valence-electron chi connectivity index (χ1n) is 8.03. The topological polar surface area (TPSA) is 72.4 Å². The molecule has 1 atom stereocenters. The Balaban J connectivity index is 1.76. The van der Waals surface area contributed by atoms with E-state index in [4.69, 9.17) is 4.74 Å². The molecule has 2 N–H and O–H groups in total. The van der Waals surface area contributed by atoms with Gasteiger partial charge >= 0.3 is 0 Å². The van der Waals surface area contributed by atoms with Crippen LogP contribution in [-0.4, -0.2) is 23.0 Å². The van der Waals surface area contributed by atoms with Crippen LogP contribution in [0.2, 0.25) is 0 Å². The average molecular weight is 327 g/mol. The Bertz CT molecular complexity index is 738. The van der Waals surface area contributed by atoms with E-state index in [2.05, 4.69) is 24.5 Å². The highest BCUT2D eigenvalue weighted by Gasteiger charge is 2.22. The normalized spacial score (nSPS) is 14.5. The molecule has 0 radical (unpaired) electrons. The fourth-order valence-corrected chi connectivity index (χ4v) is 2.74. The summed E-state index contributed by atoms with van der Waals surface area (Å²) in [5.41, 5.74) is 1.27. The summed E-state index contributed by atoms with van der Waals surface area (Å²) in [4.78, 5) is 24.0. The Hall–Kier alpha value is -2.76. The van der Waals surface area contributed by atoms with E-state index in [-0.39, 0.29) is 24.5 Å². The standard InChI is InChI=1S/C18H21N3O3/c1-12(2)9-15(21-7-3-4-8-21)18(23)19-13-5-6-14-16(10-13)24-11-17(22)20-14/h3-8,10,12,15H,9,11H2,1-2H3,(H,19,23)(H,20,22)/t15-/m0/s1. The average Bonchev–Trinajstić information content (AvgIpc) is 3.06. The van der Waals surface area contributed by atoms with Crippen molar-refractivity contribution < 1.29 is 14.3 Å². The van der Waals surface area contributed by atoms with Gasteiger partial charge in [0.05, 0.1) is 5.69 Å². The molecule has 126 valence electrons. The minimum Gasteiger partial charge on any atom is -0.482 e. The summed E-state index contributed by atoms with van der Waals surface area (Å²) in [7, 11) is 0. The number of carbonyl (C=O) groups excluding carboxylic acids is 2. The number of benzene rings is 1. The van der Waals surface area contributed by atoms with Crippen LogP contribution in [0.5, 0.6) is 5.75 Å². The van der Waals surface area contributed by atoms with Crippen molar-refractivity contribution in [3.8, 4) is 5.75 Å². The fraction of sp³-hybridized carbons (Fsp3) is 0.333. The maximum absolute atomic E-state index is 12.7. The highest BCUT2D eigenvalue weighted by molar-refractivity contribution is 5.97. The third-order valence-electron chi connectivity index (χ3n) is 3.87. The van der Waals surface area contributed by atoms with Crippen molar-refractivity contribution in [3.63, 3.8) is 0 Å². The van der Waals surface area contributed by atoms with Crippen LogP contribution in [0.15, 0.2) is 42.7 Å². The van der Waals surface area contributed by atoms with E-state index in [0.29, 0.717) is 23.0 Å². The van der Waals surface area contributed by atoms with Gasteiger partial charge in [-0.1, -0.05) is 13.8 Å². The monoisotopic (exact) mass is 327 g/mol. The number of nitrogens with one attached hydrogen (secondary N) is 2. The van der Waals surface area contributed by atoms with Gasteiger partial charge in [0, 0.05) is 24.1 Å². The van der Waals surface area contributed by atoms with Crippen LogP contribution in [0.1, 0.15) is 26.3 Å². The van der Waals surface area contributed by atoms with Gasteiger partial charge in [0.1, 0.15) is 11.8 Å². The lowest BCUT2D eigenvalue weighted by molar-refractivity contribution is -0.120. The SMILES string of the molecule is CC(C)C[C@@H](C(=O)Nc1ccc2c(c1)OCC(=O)N2)n1cccc1. The van der Waals surface area contributed by atoms with Crippen LogP contribution < -0.4 is 15.4 Å². The van der Waals surface area contributed by atoms with Crippen LogP contribution in [0.25, 0.3) is 0 Å². The van der Waals surface area contributed by atoms with Gasteiger partial charge in [-0.15, -0.1) is 0 Å². The highest BCUT2D eigenvalue weighted by Crippen LogP contribution is 2.31. The molecule has 1 aromatic heterocycles. The molecule has 2 heterocycles. The number of hydrogen-bond donors (Lipinski definition) is 2. The van der Waals surface area contributed by atoms with Crippen LogP contribution in [0.4, 0.5) is 11.4 Å². The minimum absolute atomic E-state index is 0.0102. The number of carbonyl (C=O) groups is 2. The third kappa shape index (κ3) is 3.59. The second-order valence-corrected chi connectivity index (χ2v) is 6.31. The van der Waals surface area contributed by atoms with Crippen molar-refractivity contribution in [2.45, 2.75) is 26.3 Å². The molecule has 1 aliphatic heterocycles. The summed E-state index contributed by atoms with van der Waals surface area (Å²) in [6, 6.07) is 8.78. The van der Waals surface area contributed by atoms with Gasteiger partial charge in [-0.25, -0.2) is 0 Å². The van der Waals surface area contributed by atoms with E-state index < -0.39 is 0 Å². The Morgan fingerprint density at radius 3 is 2.79 bits per heavy atom. The van der Waals surface area contributed by atoms with Gasteiger partial charge in [-0.3, -0.25) is 9.59 Å². The molecule has 6 heteroatoms. The number of nitrogens with zero attached hydrogens (tertiary/aromatic N) is 1. The predicted molar refractivity (Wildman–Crippen MR) is 92.1 cm³/mol. The van der Waals surface area contributed by atoms with E-state index in [1.54, 1.807) is 18.2 Å². The van der Waals surface area contributed by atoms with Gasteiger partial charge in [0.2, 0.25) is 5.91 Å². The Kier molecular flexibility index (Phi) is 4.55. The number of amides is 2. The molecular weight excluding hydrogens is 306 g/mol. The Morgan fingerprint density at radius 2 is 2.08 bits per heavy atom. The van der Waals surface area contributed by atoms with Crippen molar-refractivity contribution >= 4 is 23.2 Å². The molecule has 2 aromatic rings. The molecule has 0 fully saturated rings. The van der Waals surface area contributed by atoms with E-state index in [1.807, 2.05) is 29.1 Å². The molecule has 24 heavy (non-hydrogen) atoms.